The number of rotatable bonds is 6. The SMILES string of the molecule is COc1ccc(-c2noc(C3=C(C)N(CC4CCCO4)C(=O)NC3c3ccc(Cl)cc3)n2)cc1F. The second-order valence-corrected chi connectivity index (χ2v) is 8.89. The van der Waals surface area contributed by atoms with Gasteiger partial charge in [0.25, 0.3) is 5.89 Å². The fraction of sp³-hybridized carbons (Fsp3) is 0.320. The molecule has 2 aliphatic heterocycles. The first-order valence-corrected chi connectivity index (χ1v) is 11.7. The third-order valence-electron chi connectivity index (χ3n) is 6.28. The van der Waals surface area contributed by atoms with Crippen LogP contribution in [0.15, 0.2) is 52.7 Å². The number of benzene rings is 2. The number of carbonyl (C=O) groups excluding carboxylic acids is 1. The molecule has 0 spiro atoms. The van der Waals surface area contributed by atoms with E-state index in [9.17, 15) is 9.18 Å². The Balaban J connectivity index is 1.56. The van der Waals surface area contributed by atoms with Crippen molar-refractivity contribution in [3.8, 4) is 17.1 Å². The van der Waals surface area contributed by atoms with E-state index >= 15 is 0 Å². The fourth-order valence-electron chi connectivity index (χ4n) is 4.43. The number of ether oxygens (including phenoxy) is 2. The van der Waals surface area contributed by atoms with Crippen molar-refractivity contribution in [2.75, 3.05) is 20.3 Å². The van der Waals surface area contributed by atoms with Crippen molar-refractivity contribution < 1.29 is 23.2 Å². The van der Waals surface area contributed by atoms with E-state index < -0.39 is 11.9 Å². The highest BCUT2D eigenvalue weighted by atomic mass is 35.5. The van der Waals surface area contributed by atoms with Crippen LogP contribution >= 0.6 is 11.6 Å². The van der Waals surface area contributed by atoms with Gasteiger partial charge in [-0.1, -0.05) is 28.9 Å². The van der Waals surface area contributed by atoms with Gasteiger partial charge in [0, 0.05) is 22.9 Å². The van der Waals surface area contributed by atoms with Crippen molar-refractivity contribution in [3.63, 3.8) is 0 Å². The lowest BCUT2D eigenvalue weighted by Crippen LogP contribution is -2.48. The van der Waals surface area contributed by atoms with Crippen molar-refractivity contribution in [1.82, 2.24) is 20.4 Å². The van der Waals surface area contributed by atoms with Crippen LogP contribution in [0.25, 0.3) is 17.0 Å². The fourth-order valence-corrected chi connectivity index (χ4v) is 4.56. The van der Waals surface area contributed by atoms with E-state index in [2.05, 4.69) is 15.5 Å². The third-order valence-corrected chi connectivity index (χ3v) is 6.53. The predicted molar refractivity (Wildman–Crippen MR) is 127 cm³/mol. The summed E-state index contributed by atoms with van der Waals surface area (Å²) in [6.07, 6.45) is 1.82. The van der Waals surface area contributed by atoms with E-state index in [0.717, 1.165) is 18.4 Å². The Morgan fingerprint density at radius 3 is 2.74 bits per heavy atom. The number of hydrogen-bond donors (Lipinski definition) is 1. The number of nitrogens with zero attached hydrogens (tertiary/aromatic N) is 3. The molecule has 8 nitrogen and oxygen atoms in total. The summed E-state index contributed by atoms with van der Waals surface area (Å²) in [5.41, 5.74) is 2.58. The van der Waals surface area contributed by atoms with Gasteiger partial charge in [-0.15, -0.1) is 0 Å². The Kier molecular flexibility index (Phi) is 6.44. The second kappa shape index (κ2) is 9.67. The molecule has 1 aromatic heterocycles. The molecule has 3 aromatic rings. The summed E-state index contributed by atoms with van der Waals surface area (Å²) in [7, 11) is 1.40. The molecule has 0 saturated carbocycles. The zero-order valence-corrected chi connectivity index (χ0v) is 20.0. The van der Waals surface area contributed by atoms with E-state index in [1.807, 2.05) is 19.1 Å². The molecule has 2 aromatic carbocycles. The van der Waals surface area contributed by atoms with Crippen molar-refractivity contribution in [1.29, 1.82) is 0 Å². The van der Waals surface area contributed by atoms with Gasteiger partial charge in [-0.05, 0) is 55.7 Å². The molecule has 3 heterocycles. The minimum absolute atomic E-state index is 0.0375. The first-order chi connectivity index (χ1) is 16.9. The Morgan fingerprint density at radius 2 is 2.06 bits per heavy atom. The molecule has 0 bridgehead atoms. The molecule has 0 aliphatic carbocycles. The smallest absolute Gasteiger partial charge is 0.322 e. The van der Waals surface area contributed by atoms with Crippen molar-refractivity contribution >= 4 is 23.2 Å². The van der Waals surface area contributed by atoms with Gasteiger partial charge in [0.1, 0.15) is 0 Å². The molecule has 2 aliphatic rings. The maximum absolute atomic E-state index is 14.3. The molecule has 35 heavy (non-hydrogen) atoms. The molecule has 1 fully saturated rings. The Hall–Kier alpha value is -3.43. The Labute approximate surface area is 206 Å². The van der Waals surface area contributed by atoms with E-state index in [-0.39, 0.29) is 29.6 Å². The Morgan fingerprint density at radius 1 is 1.26 bits per heavy atom. The van der Waals surface area contributed by atoms with Crippen molar-refractivity contribution in [2.45, 2.75) is 31.9 Å². The van der Waals surface area contributed by atoms with Gasteiger partial charge < -0.3 is 19.3 Å². The quantitative estimate of drug-likeness (QED) is 0.501. The lowest BCUT2D eigenvalue weighted by Gasteiger charge is -2.36. The summed E-state index contributed by atoms with van der Waals surface area (Å²) in [6, 6.07) is 10.9. The largest absolute Gasteiger partial charge is 0.494 e. The van der Waals surface area contributed by atoms with Gasteiger partial charge in [0.05, 0.1) is 31.4 Å². The normalized spacial score (nSPS) is 20.3. The number of urea groups is 1. The minimum atomic E-state index is -0.540. The third kappa shape index (κ3) is 4.61. The molecule has 1 saturated heterocycles. The van der Waals surface area contributed by atoms with E-state index in [1.54, 1.807) is 23.1 Å². The van der Waals surface area contributed by atoms with Crippen LogP contribution in [0.5, 0.6) is 5.75 Å². The maximum Gasteiger partial charge on any atom is 0.322 e. The van der Waals surface area contributed by atoms with Gasteiger partial charge in [-0.2, -0.15) is 4.98 Å². The van der Waals surface area contributed by atoms with E-state index in [1.165, 1.54) is 19.2 Å². The topological polar surface area (TPSA) is 89.7 Å². The van der Waals surface area contributed by atoms with Crippen LogP contribution in [0.4, 0.5) is 9.18 Å². The number of carbonyl (C=O) groups is 1. The molecular formula is C25H24ClFN4O4. The minimum Gasteiger partial charge on any atom is -0.494 e. The summed E-state index contributed by atoms with van der Waals surface area (Å²) >= 11 is 6.08. The average molecular weight is 499 g/mol. The van der Waals surface area contributed by atoms with Crippen LogP contribution in [0.2, 0.25) is 5.02 Å². The predicted octanol–water partition coefficient (Wildman–Crippen LogP) is 5.21. The summed E-state index contributed by atoms with van der Waals surface area (Å²) < 4.78 is 30.7. The van der Waals surface area contributed by atoms with Gasteiger partial charge in [0.2, 0.25) is 5.82 Å². The van der Waals surface area contributed by atoms with Crippen LogP contribution in [-0.4, -0.2) is 47.4 Å². The van der Waals surface area contributed by atoms with Crippen molar-refractivity contribution in [3.05, 3.63) is 70.5 Å². The number of hydrogen-bond acceptors (Lipinski definition) is 6. The monoisotopic (exact) mass is 498 g/mol. The summed E-state index contributed by atoms with van der Waals surface area (Å²) in [5, 5.41) is 7.72. The van der Waals surface area contributed by atoms with Gasteiger partial charge >= 0.3 is 6.03 Å². The molecule has 0 radical (unpaired) electrons. The molecule has 1 N–H and O–H groups in total. The van der Waals surface area contributed by atoms with Gasteiger partial charge in [-0.3, -0.25) is 4.90 Å². The van der Waals surface area contributed by atoms with E-state index in [4.69, 9.17) is 25.6 Å². The van der Waals surface area contributed by atoms with Crippen LogP contribution in [0.3, 0.4) is 0 Å². The first kappa shape index (κ1) is 23.3. The maximum atomic E-state index is 14.3. The first-order valence-electron chi connectivity index (χ1n) is 11.3. The molecule has 2 unspecified atom stereocenters. The number of halogens is 2. The van der Waals surface area contributed by atoms with Crippen LogP contribution < -0.4 is 10.1 Å². The average Bonchev–Trinajstić information content (AvgIpc) is 3.54. The highest BCUT2D eigenvalue weighted by Crippen LogP contribution is 2.38. The van der Waals surface area contributed by atoms with Gasteiger partial charge in [0.15, 0.2) is 11.6 Å². The molecule has 10 heteroatoms. The van der Waals surface area contributed by atoms with Crippen LogP contribution in [0, 0.1) is 5.82 Å². The number of methoxy groups -OCH3 is 1. The zero-order valence-electron chi connectivity index (χ0n) is 19.3. The molecule has 182 valence electrons. The summed E-state index contributed by atoms with van der Waals surface area (Å²) in [6.45, 7) is 2.96. The standard InChI is InChI=1S/C25H24ClFN4O4/c1-14-21(24-29-23(30-35-24)16-7-10-20(33-2)19(27)12-16)22(15-5-8-17(26)9-6-15)28-25(32)31(14)13-18-4-3-11-34-18/h5-10,12,18,22H,3-4,11,13H2,1-2H3,(H,28,32). The molecule has 2 atom stereocenters. The highest BCUT2D eigenvalue weighted by Gasteiger charge is 2.37. The number of allylic oxidation sites excluding steroid dienone is 1. The lowest BCUT2D eigenvalue weighted by atomic mass is 9.94. The highest BCUT2D eigenvalue weighted by molar-refractivity contribution is 6.30. The van der Waals surface area contributed by atoms with E-state index in [0.29, 0.717) is 35.0 Å². The van der Waals surface area contributed by atoms with Crippen LogP contribution in [0.1, 0.15) is 37.3 Å². The number of nitrogens with one attached hydrogen (secondary N) is 1. The second-order valence-electron chi connectivity index (χ2n) is 8.45. The number of amides is 2. The molecular weight excluding hydrogens is 475 g/mol. The molecule has 2 amide bonds. The van der Waals surface area contributed by atoms with Gasteiger partial charge in [-0.25, -0.2) is 9.18 Å². The summed E-state index contributed by atoms with van der Waals surface area (Å²) in [5.74, 6) is 0.0438. The lowest BCUT2D eigenvalue weighted by molar-refractivity contribution is 0.0877. The van der Waals surface area contributed by atoms with Crippen LogP contribution in [-0.2, 0) is 4.74 Å². The molecule has 5 rings (SSSR count). The Bertz CT molecular complexity index is 1270. The zero-order chi connectivity index (χ0) is 24.5. The number of aromatic nitrogens is 2. The summed E-state index contributed by atoms with van der Waals surface area (Å²) in [4.78, 5) is 19.3. The van der Waals surface area contributed by atoms with Crippen molar-refractivity contribution in [2.24, 2.45) is 0 Å².